The number of rotatable bonds is 3. The third-order valence-electron chi connectivity index (χ3n) is 3.33. The van der Waals surface area contributed by atoms with Gasteiger partial charge in [0.25, 0.3) is 5.91 Å². The fraction of sp³-hybridized carbons (Fsp3) is 0.400. The Kier molecular flexibility index (Phi) is 5.72. The summed E-state index contributed by atoms with van der Waals surface area (Å²) in [6.07, 6.45) is 0. The van der Waals surface area contributed by atoms with Gasteiger partial charge < -0.3 is 21.8 Å². The molecular formula is C15H23FN4O. The minimum absolute atomic E-state index is 0.0434. The van der Waals surface area contributed by atoms with E-state index >= 15 is 0 Å². The number of primary amides is 1. The molecule has 0 aliphatic carbocycles. The molecule has 2 aromatic rings. The first kappa shape index (κ1) is 17.0. The van der Waals surface area contributed by atoms with Crippen LogP contribution in [-0.4, -0.2) is 24.0 Å². The first-order valence-corrected chi connectivity index (χ1v) is 6.92. The number of nitrogens with one attached hydrogen (secondary N) is 2. The monoisotopic (exact) mass is 294 g/mol. The van der Waals surface area contributed by atoms with E-state index in [1.807, 2.05) is 13.8 Å². The molecule has 5 nitrogen and oxygen atoms in total. The van der Waals surface area contributed by atoms with Crippen LogP contribution in [0.1, 0.15) is 35.5 Å². The van der Waals surface area contributed by atoms with Crippen LogP contribution >= 0.6 is 0 Å². The predicted octanol–water partition coefficient (Wildman–Crippen LogP) is 2.22. The molecule has 116 valence electrons. The summed E-state index contributed by atoms with van der Waals surface area (Å²) in [7, 11) is 0. The Morgan fingerprint density at radius 2 is 1.90 bits per heavy atom. The molecule has 0 fully saturated rings. The molecule has 0 radical (unpaired) electrons. The van der Waals surface area contributed by atoms with Crippen molar-refractivity contribution in [2.45, 2.75) is 27.7 Å². The quantitative estimate of drug-likeness (QED) is 0.653. The average Bonchev–Trinajstić information content (AvgIpc) is 2.72. The zero-order chi connectivity index (χ0) is 16.2. The number of carbonyl (C=O) groups excluding carboxylic acids is 1. The molecular weight excluding hydrogens is 271 g/mol. The number of carbonyl (C=O) groups is 1. The molecule has 0 aliphatic heterocycles. The highest BCUT2D eigenvalue weighted by molar-refractivity contribution is 6.09. The molecule has 21 heavy (non-hydrogen) atoms. The average molecular weight is 294 g/mol. The summed E-state index contributed by atoms with van der Waals surface area (Å²) in [5.41, 5.74) is 13.2. The van der Waals surface area contributed by atoms with Crippen molar-refractivity contribution in [2.75, 3.05) is 18.8 Å². The Bertz CT molecular complexity index is 647. The van der Waals surface area contributed by atoms with Crippen LogP contribution in [0.4, 0.5) is 10.1 Å². The van der Waals surface area contributed by atoms with Gasteiger partial charge in [0.2, 0.25) is 0 Å². The number of nitrogens with two attached hydrogens (primary N) is 2. The molecule has 0 unspecified atom stereocenters. The summed E-state index contributed by atoms with van der Waals surface area (Å²) >= 11 is 0. The highest BCUT2D eigenvalue weighted by atomic mass is 19.1. The van der Waals surface area contributed by atoms with Gasteiger partial charge in [-0.3, -0.25) is 4.79 Å². The predicted molar refractivity (Wildman–Crippen MR) is 84.9 cm³/mol. The van der Waals surface area contributed by atoms with Crippen LogP contribution < -0.4 is 16.8 Å². The van der Waals surface area contributed by atoms with E-state index < -0.39 is 11.7 Å². The summed E-state index contributed by atoms with van der Waals surface area (Å²) in [5.74, 6) is -1.30. The third-order valence-corrected chi connectivity index (χ3v) is 3.33. The largest absolute Gasteiger partial charge is 0.396 e. The lowest BCUT2D eigenvalue weighted by Gasteiger charge is -2.04. The minimum Gasteiger partial charge on any atom is -0.396 e. The molecule has 1 heterocycles. The van der Waals surface area contributed by atoms with Gasteiger partial charge in [0.1, 0.15) is 5.82 Å². The van der Waals surface area contributed by atoms with Gasteiger partial charge in [-0.15, -0.1) is 0 Å². The van der Waals surface area contributed by atoms with Crippen molar-refractivity contribution in [3.63, 3.8) is 0 Å². The molecule has 1 amide bonds. The Balaban J connectivity index is 0.000000383. The first-order valence-electron chi connectivity index (χ1n) is 6.92. The van der Waals surface area contributed by atoms with Crippen LogP contribution in [0.15, 0.2) is 6.07 Å². The maximum absolute atomic E-state index is 13.5. The maximum Gasteiger partial charge on any atom is 0.250 e. The van der Waals surface area contributed by atoms with Crippen molar-refractivity contribution < 1.29 is 9.18 Å². The number of aromatic amines is 1. The zero-order valence-electron chi connectivity index (χ0n) is 12.9. The fourth-order valence-corrected chi connectivity index (χ4v) is 2.10. The maximum atomic E-state index is 13.5. The van der Waals surface area contributed by atoms with Crippen molar-refractivity contribution in [1.82, 2.24) is 10.3 Å². The highest BCUT2D eigenvalue weighted by Gasteiger charge is 2.17. The lowest BCUT2D eigenvalue weighted by molar-refractivity contribution is 0.100. The summed E-state index contributed by atoms with van der Waals surface area (Å²) in [5, 5.41) is 3.64. The number of fused-ring (bicyclic) bond motifs is 1. The summed E-state index contributed by atoms with van der Waals surface area (Å²) < 4.78 is 13.5. The van der Waals surface area contributed by atoms with Crippen LogP contribution in [0.2, 0.25) is 0 Å². The van der Waals surface area contributed by atoms with E-state index in [9.17, 15) is 9.18 Å². The second-order valence-electron chi connectivity index (χ2n) is 4.77. The number of halogens is 1. The Morgan fingerprint density at radius 1 is 1.33 bits per heavy atom. The van der Waals surface area contributed by atoms with Gasteiger partial charge in [0.15, 0.2) is 0 Å². The van der Waals surface area contributed by atoms with Crippen molar-refractivity contribution in [3.8, 4) is 0 Å². The third kappa shape index (κ3) is 3.52. The molecule has 1 aromatic heterocycles. The van der Waals surface area contributed by atoms with Crippen LogP contribution in [0.3, 0.4) is 0 Å². The van der Waals surface area contributed by atoms with Gasteiger partial charge in [-0.1, -0.05) is 13.8 Å². The Morgan fingerprint density at radius 3 is 2.33 bits per heavy atom. The standard InChI is InChI=1S/C11H12FN3O.C4H11N/c1-4-5(2)15-10-6(11(14)16)3-7(12)9(13)8(4)10;1-3-5-4-2/h3,15H,13H2,1-2H3,(H2,14,16);5H,3-4H2,1-2H3. The SMILES string of the molecule is CCNCC.Cc1[nH]c2c(C(N)=O)cc(F)c(N)c2c1C. The van der Waals surface area contributed by atoms with Crippen molar-refractivity contribution in [2.24, 2.45) is 5.73 Å². The van der Waals surface area contributed by atoms with Crippen molar-refractivity contribution >= 4 is 22.5 Å². The molecule has 0 saturated heterocycles. The molecule has 0 spiro atoms. The number of anilines is 1. The van der Waals surface area contributed by atoms with Gasteiger partial charge in [0.05, 0.1) is 16.8 Å². The van der Waals surface area contributed by atoms with Gasteiger partial charge in [0, 0.05) is 11.1 Å². The molecule has 0 atom stereocenters. The Hall–Kier alpha value is -2.08. The molecule has 6 N–H and O–H groups in total. The second-order valence-corrected chi connectivity index (χ2v) is 4.77. The topological polar surface area (TPSA) is 96.9 Å². The highest BCUT2D eigenvalue weighted by Crippen LogP contribution is 2.31. The number of H-pyrrole nitrogens is 1. The molecule has 1 aromatic carbocycles. The lowest BCUT2D eigenvalue weighted by atomic mass is 10.1. The number of aromatic nitrogens is 1. The molecule has 2 rings (SSSR count). The van der Waals surface area contributed by atoms with Crippen molar-refractivity contribution in [3.05, 3.63) is 28.7 Å². The molecule has 6 heteroatoms. The summed E-state index contributed by atoms with van der Waals surface area (Å²) in [6, 6.07) is 1.06. The van der Waals surface area contributed by atoms with E-state index in [0.29, 0.717) is 10.9 Å². The first-order chi connectivity index (χ1) is 9.84. The van der Waals surface area contributed by atoms with E-state index in [2.05, 4.69) is 24.1 Å². The Labute approximate surface area is 123 Å². The van der Waals surface area contributed by atoms with Gasteiger partial charge in [-0.2, -0.15) is 0 Å². The zero-order valence-corrected chi connectivity index (χ0v) is 12.9. The van der Waals surface area contributed by atoms with Crippen LogP contribution in [0.5, 0.6) is 0 Å². The smallest absolute Gasteiger partial charge is 0.250 e. The van der Waals surface area contributed by atoms with Gasteiger partial charge in [-0.25, -0.2) is 4.39 Å². The van der Waals surface area contributed by atoms with Crippen LogP contribution in [-0.2, 0) is 0 Å². The minimum atomic E-state index is -0.676. The number of nitrogen functional groups attached to an aromatic ring is 1. The number of aryl methyl sites for hydroxylation is 2. The second kappa shape index (κ2) is 7.08. The normalized spacial score (nSPS) is 10.3. The molecule has 0 saturated carbocycles. The lowest BCUT2D eigenvalue weighted by Crippen LogP contribution is -2.12. The van der Waals surface area contributed by atoms with E-state index in [1.54, 1.807) is 0 Å². The number of hydrogen-bond acceptors (Lipinski definition) is 3. The molecule has 0 aliphatic rings. The number of amides is 1. The van der Waals surface area contributed by atoms with Crippen LogP contribution in [0, 0.1) is 19.7 Å². The number of hydrogen-bond donors (Lipinski definition) is 4. The summed E-state index contributed by atoms with van der Waals surface area (Å²) in [4.78, 5) is 14.2. The van der Waals surface area contributed by atoms with E-state index in [1.165, 1.54) is 0 Å². The van der Waals surface area contributed by atoms with E-state index in [4.69, 9.17) is 11.5 Å². The van der Waals surface area contributed by atoms with Crippen LogP contribution in [0.25, 0.3) is 10.9 Å². The molecule has 0 bridgehead atoms. The van der Waals surface area contributed by atoms with Gasteiger partial charge >= 0.3 is 0 Å². The van der Waals surface area contributed by atoms with E-state index in [0.717, 1.165) is 30.4 Å². The number of benzene rings is 1. The van der Waals surface area contributed by atoms with Gasteiger partial charge in [-0.05, 0) is 38.6 Å². The van der Waals surface area contributed by atoms with E-state index in [-0.39, 0.29) is 11.3 Å². The van der Waals surface area contributed by atoms with Crippen molar-refractivity contribution in [1.29, 1.82) is 0 Å². The summed E-state index contributed by atoms with van der Waals surface area (Å²) in [6.45, 7) is 10.0. The fourth-order valence-electron chi connectivity index (χ4n) is 2.10.